The molecule has 2 rings (SSSR count). The first-order valence-corrected chi connectivity index (χ1v) is 7.93. The van der Waals surface area contributed by atoms with Crippen LogP contribution in [-0.4, -0.2) is 15.9 Å². The van der Waals surface area contributed by atoms with Gasteiger partial charge in [0.1, 0.15) is 11.5 Å². The Hall–Kier alpha value is -2.56. The molecule has 5 heteroatoms. The van der Waals surface area contributed by atoms with E-state index in [9.17, 15) is 9.18 Å². The van der Waals surface area contributed by atoms with Crippen molar-refractivity contribution in [3.8, 4) is 11.3 Å². The molecule has 0 aliphatic rings. The molecular formula is C19H22FN3O. The lowest BCUT2D eigenvalue weighted by Gasteiger charge is -2.10. The normalized spacial score (nSPS) is 10.6. The smallest absolute Gasteiger partial charge is 0.225 e. The molecule has 0 saturated heterocycles. The van der Waals surface area contributed by atoms with Crippen LogP contribution in [-0.2, 0) is 4.79 Å². The third-order valence-corrected chi connectivity index (χ3v) is 3.22. The highest BCUT2D eigenvalue weighted by Crippen LogP contribution is 2.22. The van der Waals surface area contributed by atoms with Gasteiger partial charge in [-0.15, -0.1) is 0 Å². The first kappa shape index (κ1) is 17.8. The summed E-state index contributed by atoms with van der Waals surface area (Å²) in [6.45, 7) is 7.87. The van der Waals surface area contributed by atoms with Crippen LogP contribution in [0.5, 0.6) is 0 Å². The second-order valence-corrected chi connectivity index (χ2v) is 6.36. The lowest BCUT2D eigenvalue weighted by atomic mass is 10.1. The fraction of sp³-hybridized carbons (Fsp3) is 0.316. The van der Waals surface area contributed by atoms with Gasteiger partial charge in [-0.25, -0.2) is 14.4 Å². The quantitative estimate of drug-likeness (QED) is 0.866. The minimum Gasteiger partial charge on any atom is -0.309 e. The molecule has 0 aliphatic heterocycles. The summed E-state index contributed by atoms with van der Waals surface area (Å²) in [4.78, 5) is 20.9. The molecule has 0 atom stereocenters. The summed E-state index contributed by atoms with van der Waals surface area (Å²) in [5, 5.41) is 2.82. The Bertz CT molecular complexity index is 748. The minimum atomic E-state index is -0.297. The molecule has 1 aromatic carbocycles. The summed E-state index contributed by atoms with van der Waals surface area (Å²) in [6.07, 6.45) is 3.88. The van der Waals surface area contributed by atoms with Gasteiger partial charge in [0, 0.05) is 12.0 Å². The van der Waals surface area contributed by atoms with Crippen molar-refractivity contribution in [3.05, 3.63) is 47.5 Å². The number of hydrogen-bond acceptors (Lipinski definition) is 3. The molecule has 1 amide bonds. The second-order valence-electron chi connectivity index (χ2n) is 6.36. The average Bonchev–Trinajstić information content (AvgIpc) is 2.48. The van der Waals surface area contributed by atoms with Crippen molar-refractivity contribution in [2.24, 2.45) is 5.92 Å². The number of aromatic nitrogens is 2. The van der Waals surface area contributed by atoms with E-state index in [1.807, 2.05) is 33.8 Å². The number of anilines is 1. The second kappa shape index (κ2) is 7.81. The van der Waals surface area contributed by atoms with Gasteiger partial charge in [0.25, 0.3) is 0 Å². The molecule has 0 saturated carbocycles. The zero-order valence-electron chi connectivity index (χ0n) is 14.4. The molecular weight excluding hydrogens is 305 g/mol. The standard InChI is InChI=1S/C19H22FN3O/c1-12(2)9-16-19(23-18(24)10-13(3)4)21-11-17(22-16)14-5-7-15(20)8-6-14/h5-9,11,13H,10H2,1-4H3,(H,21,23,24). The zero-order chi connectivity index (χ0) is 17.7. The van der Waals surface area contributed by atoms with E-state index in [0.717, 1.165) is 11.1 Å². The highest BCUT2D eigenvalue weighted by molar-refractivity contribution is 5.91. The van der Waals surface area contributed by atoms with E-state index in [2.05, 4.69) is 15.3 Å². The van der Waals surface area contributed by atoms with E-state index in [1.54, 1.807) is 18.3 Å². The van der Waals surface area contributed by atoms with Gasteiger partial charge in [0.2, 0.25) is 5.91 Å². The third kappa shape index (κ3) is 4.98. The van der Waals surface area contributed by atoms with E-state index in [1.165, 1.54) is 12.1 Å². The molecule has 0 spiro atoms. The van der Waals surface area contributed by atoms with Crippen LogP contribution in [0.15, 0.2) is 36.0 Å². The molecule has 1 heterocycles. The topological polar surface area (TPSA) is 54.9 Å². The highest BCUT2D eigenvalue weighted by Gasteiger charge is 2.12. The first-order valence-electron chi connectivity index (χ1n) is 7.93. The van der Waals surface area contributed by atoms with Gasteiger partial charge in [-0.1, -0.05) is 19.4 Å². The van der Waals surface area contributed by atoms with Crippen LogP contribution in [0.2, 0.25) is 0 Å². The number of amides is 1. The molecule has 4 nitrogen and oxygen atoms in total. The van der Waals surface area contributed by atoms with Crippen molar-refractivity contribution in [1.29, 1.82) is 0 Å². The van der Waals surface area contributed by atoms with Crippen LogP contribution in [0, 0.1) is 11.7 Å². The molecule has 2 aromatic rings. The summed E-state index contributed by atoms with van der Waals surface area (Å²) in [5.74, 6) is 0.321. The molecule has 24 heavy (non-hydrogen) atoms. The number of hydrogen-bond donors (Lipinski definition) is 1. The van der Waals surface area contributed by atoms with Gasteiger partial charge < -0.3 is 5.32 Å². The molecule has 0 fully saturated rings. The summed E-state index contributed by atoms with van der Waals surface area (Å²) < 4.78 is 13.1. The van der Waals surface area contributed by atoms with Gasteiger partial charge in [-0.05, 0) is 50.1 Å². The number of halogens is 1. The van der Waals surface area contributed by atoms with Gasteiger partial charge in [0.15, 0.2) is 5.82 Å². The Balaban J connectivity index is 2.36. The van der Waals surface area contributed by atoms with Gasteiger partial charge in [0.05, 0.1) is 11.9 Å². The van der Waals surface area contributed by atoms with Crippen LogP contribution < -0.4 is 5.32 Å². The number of carbonyl (C=O) groups is 1. The van der Waals surface area contributed by atoms with Crippen LogP contribution in [0.3, 0.4) is 0 Å². The van der Waals surface area contributed by atoms with E-state index in [0.29, 0.717) is 23.6 Å². The van der Waals surface area contributed by atoms with Crippen LogP contribution >= 0.6 is 0 Å². The van der Waals surface area contributed by atoms with Crippen molar-refractivity contribution in [1.82, 2.24) is 9.97 Å². The third-order valence-electron chi connectivity index (χ3n) is 3.22. The average molecular weight is 327 g/mol. The Kier molecular flexibility index (Phi) is 5.79. The number of allylic oxidation sites excluding steroid dienone is 1. The van der Waals surface area contributed by atoms with Gasteiger partial charge >= 0.3 is 0 Å². The first-order chi connectivity index (χ1) is 11.3. The fourth-order valence-electron chi connectivity index (χ4n) is 2.19. The van der Waals surface area contributed by atoms with Crippen molar-refractivity contribution >= 4 is 17.8 Å². The largest absolute Gasteiger partial charge is 0.309 e. The van der Waals surface area contributed by atoms with E-state index in [-0.39, 0.29) is 17.6 Å². The molecule has 0 radical (unpaired) electrons. The Morgan fingerprint density at radius 2 is 1.92 bits per heavy atom. The summed E-state index contributed by atoms with van der Waals surface area (Å²) in [7, 11) is 0. The van der Waals surface area contributed by atoms with Gasteiger partial charge in [-0.2, -0.15) is 0 Å². The Morgan fingerprint density at radius 1 is 1.25 bits per heavy atom. The molecule has 0 bridgehead atoms. The SMILES string of the molecule is CC(C)=Cc1nc(-c2ccc(F)cc2)cnc1NC(=O)CC(C)C. The van der Waals surface area contributed by atoms with Gasteiger partial charge in [-0.3, -0.25) is 4.79 Å². The number of benzene rings is 1. The van der Waals surface area contributed by atoms with Crippen LogP contribution in [0.4, 0.5) is 10.2 Å². The molecule has 1 aromatic heterocycles. The Labute approximate surface area is 141 Å². The Morgan fingerprint density at radius 3 is 2.50 bits per heavy atom. The van der Waals surface area contributed by atoms with E-state index in [4.69, 9.17) is 0 Å². The lowest BCUT2D eigenvalue weighted by Crippen LogP contribution is -2.16. The van der Waals surface area contributed by atoms with Crippen LogP contribution in [0.1, 0.15) is 39.8 Å². The number of nitrogens with zero attached hydrogens (tertiary/aromatic N) is 2. The van der Waals surface area contributed by atoms with E-state index < -0.39 is 0 Å². The highest BCUT2D eigenvalue weighted by atomic mass is 19.1. The van der Waals surface area contributed by atoms with E-state index >= 15 is 0 Å². The lowest BCUT2D eigenvalue weighted by molar-refractivity contribution is -0.116. The summed E-state index contributed by atoms with van der Waals surface area (Å²) in [6, 6.07) is 6.08. The minimum absolute atomic E-state index is 0.0859. The number of carbonyl (C=O) groups excluding carboxylic acids is 1. The summed E-state index contributed by atoms with van der Waals surface area (Å²) >= 11 is 0. The van der Waals surface area contributed by atoms with Crippen molar-refractivity contribution < 1.29 is 9.18 Å². The fourth-order valence-corrected chi connectivity index (χ4v) is 2.19. The maximum atomic E-state index is 13.1. The van der Waals surface area contributed by atoms with Crippen molar-refractivity contribution in [2.45, 2.75) is 34.1 Å². The number of nitrogens with one attached hydrogen (secondary N) is 1. The zero-order valence-corrected chi connectivity index (χ0v) is 14.4. The van der Waals surface area contributed by atoms with Crippen molar-refractivity contribution in [3.63, 3.8) is 0 Å². The van der Waals surface area contributed by atoms with Crippen LogP contribution in [0.25, 0.3) is 17.3 Å². The van der Waals surface area contributed by atoms with Crippen molar-refractivity contribution in [2.75, 3.05) is 5.32 Å². The maximum absolute atomic E-state index is 13.1. The molecule has 1 N–H and O–H groups in total. The number of rotatable bonds is 5. The monoisotopic (exact) mass is 327 g/mol. The maximum Gasteiger partial charge on any atom is 0.225 e. The predicted molar refractivity (Wildman–Crippen MR) is 94.8 cm³/mol. The molecule has 0 aliphatic carbocycles. The molecule has 0 unspecified atom stereocenters. The summed E-state index contributed by atoms with van der Waals surface area (Å²) in [5.41, 5.74) is 3.03. The predicted octanol–water partition coefficient (Wildman–Crippen LogP) is 4.69. The molecule has 126 valence electrons.